The molecular weight excluding hydrogens is 180 g/mol. The molecule has 0 amide bonds. The maximum atomic E-state index is 11.2. The monoisotopic (exact) mass is 193 g/mol. The fourth-order valence-corrected chi connectivity index (χ4v) is 0.962. The number of esters is 1. The first-order valence-corrected chi connectivity index (χ1v) is 4.53. The number of hydrogen-bond donors (Lipinski definition) is 0. The molecule has 1 unspecified atom stereocenters. The standard InChI is InChI=1S/C11H13O3/c1-3-13-11(12)9(2)14-10-7-5-4-6-8-10/h5-9H,3H2,1-2H3. The SMILES string of the molecule is CCOC(=O)C(C)Oc1cc[c]cc1. The molecule has 0 heterocycles. The van der Waals surface area contributed by atoms with Crippen molar-refractivity contribution in [3.05, 3.63) is 30.3 Å². The molecule has 0 saturated carbocycles. The topological polar surface area (TPSA) is 35.5 Å². The van der Waals surface area contributed by atoms with Crippen LogP contribution in [-0.4, -0.2) is 18.7 Å². The molecule has 1 aromatic carbocycles. The lowest BCUT2D eigenvalue weighted by molar-refractivity contribution is -0.150. The van der Waals surface area contributed by atoms with Crippen LogP contribution in [0.3, 0.4) is 0 Å². The Kier molecular flexibility index (Phi) is 3.98. The molecule has 3 heteroatoms. The molecule has 0 bridgehead atoms. The van der Waals surface area contributed by atoms with E-state index in [1.54, 1.807) is 38.1 Å². The van der Waals surface area contributed by atoms with Gasteiger partial charge in [-0.15, -0.1) is 0 Å². The quantitative estimate of drug-likeness (QED) is 0.684. The van der Waals surface area contributed by atoms with Gasteiger partial charge in [-0.25, -0.2) is 4.79 Å². The highest BCUT2D eigenvalue weighted by atomic mass is 16.6. The van der Waals surface area contributed by atoms with E-state index in [-0.39, 0.29) is 5.97 Å². The lowest BCUT2D eigenvalue weighted by atomic mass is 10.3. The van der Waals surface area contributed by atoms with E-state index in [9.17, 15) is 4.79 Å². The minimum Gasteiger partial charge on any atom is -0.479 e. The second-order valence-corrected chi connectivity index (χ2v) is 2.75. The van der Waals surface area contributed by atoms with Gasteiger partial charge >= 0.3 is 5.97 Å². The Balaban J connectivity index is 2.49. The Labute approximate surface area is 83.6 Å². The molecule has 0 spiro atoms. The van der Waals surface area contributed by atoms with Gasteiger partial charge in [0.25, 0.3) is 0 Å². The van der Waals surface area contributed by atoms with Gasteiger partial charge in [-0.05, 0) is 32.0 Å². The number of hydrogen-bond acceptors (Lipinski definition) is 3. The summed E-state index contributed by atoms with van der Waals surface area (Å²) in [5.74, 6) is 0.296. The van der Waals surface area contributed by atoms with Gasteiger partial charge in [0.05, 0.1) is 6.61 Å². The zero-order chi connectivity index (χ0) is 10.4. The molecule has 0 saturated heterocycles. The zero-order valence-electron chi connectivity index (χ0n) is 8.32. The zero-order valence-corrected chi connectivity index (χ0v) is 8.32. The van der Waals surface area contributed by atoms with Gasteiger partial charge in [0.15, 0.2) is 6.10 Å². The maximum absolute atomic E-state index is 11.2. The number of rotatable bonds is 4. The summed E-state index contributed by atoms with van der Waals surface area (Å²) < 4.78 is 10.1. The summed E-state index contributed by atoms with van der Waals surface area (Å²) in [6.07, 6.45) is -0.572. The third-order valence-corrected chi connectivity index (χ3v) is 1.62. The fourth-order valence-electron chi connectivity index (χ4n) is 0.962. The number of carbonyl (C=O) groups excluding carboxylic acids is 1. The summed E-state index contributed by atoms with van der Waals surface area (Å²) in [6.45, 7) is 3.80. The summed E-state index contributed by atoms with van der Waals surface area (Å²) in [4.78, 5) is 11.2. The van der Waals surface area contributed by atoms with E-state index in [2.05, 4.69) is 6.07 Å². The molecular formula is C11H13O3. The highest BCUT2D eigenvalue weighted by Crippen LogP contribution is 2.10. The molecule has 14 heavy (non-hydrogen) atoms. The van der Waals surface area contributed by atoms with Crippen molar-refractivity contribution in [3.63, 3.8) is 0 Å². The lowest BCUT2D eigenvalue weighted by Gasteiger charge is -2.12. The molecule has 0 aliphatic rings. The van der Waals surface area contributed by atoms with E-state index in [1.807, 2.05) is 0 Å². The normalized spacial score (nSPS) is 11.9. The average Bonchev–Trinajstić information content (AvgIpc) is 2.19. The molecule has 1 atom stereocenters. The van der Waals surface area contributed by atoms with Crippen molar-refractivity contribution in [2.75, 3.05) is 6.61 Å². The first kappa shape index (κ1) is 10.6. The Morgan fingerprint density at radius 2 is 2.14 bits per heavy atom. The molecule has 1 aromatic rings. The highest BCUT2D eigenvalue weighted by molar-refractivity contribution is 5.74. The Morgan fingerprint density at radius 3 is 2.71 bits per heavy atom. The van der Waals surface area contributed by atoms with E-state index >= 15 is 0 Å². The van der Waals surface area contributed by atoms with E-state index in [4.69, 9.17) is 9.47 Å². The van der Waals surface area contributed by atoms with Crippen LogP contribution in [0.5, 0.6) is 5.75 Å². The summed E-state index contributed by atoms with van der Waals surface area (Å²) in [7, 11) is 0. The van der Waals surface area contributed by atoms with Crippen molar-refractivity contribution in [3.8, 4) is 5.75 Å². The van der Waals surface area contributed by atoms with Gasteiger partial charge < -0.3 is 9.47 Å². The van der Waals surface area contributed by atoms with Crippen LogP contribution in [0.1, 0.15) is 13.8 Å². The third-order valence-electron chi connectivity index (χ3n) is 1.62. The largest absolute Gasteiger partial charge is 0.479 e. The molecule has 0 N–H and O–H groups in total. The summed E-state index contributed by atoms with van der Waals surface area (Å²) in [5, 5.41) is 0. The molecule has 75 valence electrons. The van der Waals surface area contributed by atoms with Gasteiger partial charge in [0.2, 0.25) is 0 Å². The predicted octanol–water partition coefficient (Wildman–Crippen LogP) is 1.82. The molecule has 3 nitrogen and oxygen atoms in total. The van der Waals surface area contributed by atoms with Crippen LogP contribution in [0, 0.1) is 6.07 Å². The van der Waals surface area contributed by atoms with Crippen LogP contribution in [0.2, 0.25) is 0 Å². The van der Waals surface area contributed by atoms with E-state index in [0.29, 0.717) is 12.4 Å². The van der Waals surface area contributed by atoms with Crippen LogP contribution < -0.4 is 4.74 Å². The number of carbonyl (C=O) groups is 1. The van der Waals surface area contributed by atoms with E-state index < -0.39 is 6.10 Å². The van der Waals surface area contributed by atoms with Gasteiger partial charge in [-0.2, -0.15) is 0 Å². The average molecular weight is 193 g/mol. The molecule has 1 rings (SSSR count). The fraction of sp³-hybridized carbons (Fsp3) is 0.364. The summed E-state index contributed by atoms with van der Waals surface area (Å²) in [6, 6.07) is 9.81. The lowest BCUT2D eigenvalue weighted by Crippen LogP contribution is -2.25. The maximum Gasteiger partial charge on any atom is 0.347 e. The van der Waals surface area contributed by atoms with Crippen LogP contribution in [-0.2, 0) is 9.53 Å². The third kappa shape index (κ3) is 3.09. The number of benzene rings is 1. The van der Waals surface area contributed by atoms with Crippen molar-refractivity contribution >= 4 is 5.97 Å². The van der Waals surface area contributed by atoms with Crippen molar-refractivity contribution in [2.24, 2.45) is 0 Å². The molecule has 1 radical (unpaired) electrons. The Bertz CT molecular complexity index is 282. The molecule has 0 fully saturated rings. The Hall–Kier alpha value is -1.51. The second-order valence-electron chi connectivity index (χ2n) is 2.75. The van der Waals surface area contributed by atoms with Gasteiger partial charge in [0, 0.05) is 0 Å². The molecule has 0 aliphatic carbocycles. The van der Waals surface area contributed by atoms with Crippen LogP contribution in [0.25, 0.3) is 0 Å². The van der Waals surface area contributed by atoms with Crippen LogP contribution in [0.4, 0.5) is 0 Å². The van der Waals surface area contributed by atoms with Crippen molar-refractivity contribution < 1.29 is 14.3 Å². The first-order chi connectivity index (χ1) is 6.74. The molecule has 0 aromatic heterocycles. The van der Waals surface area contributed by atoms with Crippen molar-refractivity contribution in [1.82, 2.24) is 0 Å². The Morgan fingerprint density at radius 1 is 1.50 bits per heavy atom. The summed E-state index contributed by atoms with van der Waals surface area (Å²) >= 11 is 0. The van der Waals surface area contributed by atoms with E-state index in [1.165, 1.54) is 0 Å². The molecule has 0 aliphatic heterocycles. The number of ether oxygens (including phenoxy) is 2. The highest BCUT2D eigenvalue weighted by Gasteiger charge is 2.14. The van der Waals surface area contributed by atoms with Gasteiger partial charge in [-0.1, -0.05) is 12.1 Å². The second kappa shape index (κ2) is 5.27. The van der Waals surface area contributed by atoms with Crippen molar-refractivity contribution in [2.45, 2.75) is 20.0 Å². The minimum absolute atomic E-state index is 0.347. The van der Waals surface area contributed by atoms with Gasteiger partial charge in [-0.3, -0.25) is 0 Å². The van der Waals surface area contributed by atoms with E-state index in [0.717, 1.165) is 0 Å². The smallest absolute Gasteiger partial charge is 0.347 e. The van der Waals surface area contributed by atoms with Crippen LogP contribution in [0.15, 0.2) is 24.3 Å². The predicted molar refractivity (Wildman–Crippen MR) is 52.0 cm³/mol. The van der Waals surface area contributed by atoms with Crippen LogP contribution >= 0.6 is 0 Å². The summed E-state index contributed by atoms with van der Waals surface area (Å²) in [5.41, 5.74) is 0. The minimum atomic E-state index is -0.572. The van der Waals surface area contributed by atoms with Crippen molar-refractivity contribution in [1.29, 1.82) is 0 Å². The van der Waals surface area contributed by atoms with Gasteiger partial charge in [0.1, 0.15) is 5.75 Å². The first-order valence-electron chi connectivity index (χ1n) is 4.53.